The Morgan fingerprint density at radius 2 is 2.20 bits per heavy atom. The first-order valence-corrected chi connectivity index (χ1v) is 7.68. The molecule has 1 aromatic carbocycles. The Morgan fingerprint density at radius 1 is 1.45 bits per heavy atom. The number of likely N-dealkylation sites (tertiary alicyclic amines) is 1. The van der Waals surface area contributed by atoms with Crippen molar-refractivity contribution < 1.29 is 4.74 Å². The fourth-order valence-corrected chi connectivity index (χ4v) is 3.49. The fraction of sp³-hybridized carbons (Fsp3) is 0.647. The quantitative estimate of drug-likeness (QED) is 0.918. The summed E-state index contributed by atoms with van der Waals surface area (Å²) < 4.78 is 5.55. The number of hydrogen-bond acceptors (Lipinski definition) is 3. The Balaban J connectivity index is 2.29. The Kier molecular flexibility index (Phi) is 5.06. The second-order valence-corrected chi connectivity index (χ2v) is 6.08. The molecule has 0 amide bonds. The van der Waals surface area contributed by atoms with Gasteiger partial charge in [-0.2, -0.15) is 0 Å². The largest absolute Gasteiger partial charge is 0.496 e. The third-order valence-electron chi connectivity index (χ3n) is 4.73. The molecule has 0 aliphatic carbocycles. The zero-order valence-corrected chi connectivity index (χ0v) is 13.2. The van der Waals surface area contributed by atoms with Crippen LogP contribution in [0.4, 0.5) is 0 Å². The molecule has 0 bridgehead atoms. The summed E-state index contributed by atoms with van der Waals surface area (Å²) in [5, 5.41) is 0. The molecule has 112 valence electrons. The normalized spacial score (nSPS) is 25.4. The topological polar surface area (TPSA) is 38.5 Å². The zero-order valence-electron chi connectivity index (χ0n) is 13.2. The first kappa shape index (κ1) is 15.3. The molecule has 1 aromatic rings. The van der Waals surface area contributed by atoms with Gasteiger partial charge < -0.3 is 10.5 Å². The molecular weight excluding hydrogens is 248 g/mol. The van der Waals surface area contributed by atoms with E-state index in [0.717, 1.165) is 18.8 Å². The predicted molar refractivity (Wildman–Crippen MR) is 84.1 cm³/mol. The summed E-state index contributed by atoms with van der Waals surface area (Å²) in [6.07, 6.45) is 2.55. The van der Waals surface area contributed by atoms with Gasteiger partial charge in [0, 0.05) is 24.2 Å². The minimum Gasteiger partial charge on any atom is -0.496 e. The van der Waals surface area contributed by atoms with Gasteiger partial charge >= 0.3 is 0 Å². The van der Waals surface area contributed by atoms with Gasteiger partial charge in [0.1, 0.15) is 5.75 Å². The van der Waals surface area contributed by atoms with Crippen molar-refractivity contribution in [3.8, 4) is 5.75 Å². The highest BCUT2D eigenvalue weighted by Crippen LogP contribution is 2.35. The molecule has 2 rings (SSSR count). The summed E-state index contributed by atoms with van der Waals surface area (Å²) in [5.74, 6) is 1.66. The van der Waals surface area contributed by atoms with Gasteiger partial charge in [0.05, 0.1) is 7.11 Å². The number of piperidine rings is 1. The van der Waals surface area contributed by atoms with Crippen LogP contribution in [0.5, 0.6) is 5.75 Å². The van der Waals surface area contributed by atoms with Crippen molar-refractivity contribution in [1.29, 1.82) is 0 Å². The Labute approximate surface area is 123 Å². The van der Waals surface area contributed by atoms with Crippen molar-refractivity contribution in [1.82, 2.24) is 4.90 Å². The lowest BCUT2D eigenvalue weighted by molar-refractivity contribution is 0.0679. The molecule has 1 fully saturated rings. The van der Waals surface area contributed by atoms with Gasteiger partial charge in [0.25, 0.3) is 0 Å². The maximum absolute atomic E-state index is 6.03. The van der Waals surface area contributed by atoms with Crippen LogP contribution >= 0.6 is 0 Å². The van der Waals surface area contributed by atoms with Gasteiger partial charge in [-0.25, -0.2) is 0 Å². The average Bonchev–Trinajstić information content (AvgIpc) is 2.46. The molecule has 3 atom stereocenters. The standard InChI is InChI=1S/C17H28N2O/c1-12-7-8-17(20-4)15(10-12)14(3)19-9-5-6-13(2)16(19)11-18/h7-8,10,13-14,16H,5-6,9,11,18H2,1-4H3. The summed E-state index contributed by atoms with van der Waals surface area (Å²) in [6, 6.07) is 7.25. The maximum atomic E-state index is 6.03. The number of aryl methyl sites for hydroxylation is 1. The SMILES string of the molecule is COc1ccc(C)cc1C(C)N1CCCC(C)C1CN. The number of nitrogens with two attached hydrogens (primary N) is 1. The van der Waals surface area contributed by atoms with Crippen LogP contribution in [0, 0.1) is 12.8 Å². The Bertz CT molecular complexity index is 447. The number of methoxy groups -OCH3 is 1. The fourth-order valence-electron chi connectivity index (χ4n) is 3.49. The molecule has 1 aliphatic rings. The van der Waals surface area contributed by atoms with Crippen molar-refractivity contribution >= 4 is 0 Å². The summed E-state index contributed by atoms with van der Waals surface area (Å²) >= 11 is 0. The van der Waals surface area contributed by atoms with E-state index >= 15 is 0 Å². The number of rotatable bonds is 4. The Hall–Kier alpha value is -1.06. The van der Waals surface area contributed by atoms with Gasteiger partial charge in [0.2, 0.25) is 0 Å². The molecule has 1 heterocycles. The van der Waals surface area contributed by atoms with Crippen LogP contribution in [0.2, 0.25) is 0 Å². The summed E-state index contributed by atoms with van der Waals surface area (Å²) in [7, 11) is 1.75. The molecule has 0 spiro atoms. The van der Waals surface area contributed by atoms with Crippen molar-refractivity contribution in [2.75, 3.05) is 20.2 Å². The second kappa shape index (κ2) is 6.59. The van der Waals surface area contributed by atoms with E-state index in [9.17, 15) is 0 Å². The Morgan fingerprint density at radius 3 is 2.85 bits per heavy atom. The van der Waals surface area contributed by atoms with E-state index in [2.05, 4.69) is 43.9 Å². The van der Waals surface area contributed by atoms with Gasteiger partial charge in [-0.1, -0.05) is 24.6 Å². The number of nitrogens with zero attached hydrogens (tertiary/aromatic N) is 1. The molecule has 1 aliphatic heterocycles. The third kappa shape index (κ3) is 2.99. The lowest BCUT2D eigenvalue weighted by Crippen LogP contribution is -2.49. The van der Waals surface area contributed by atoms with Crippen LogP contribution in [0.15, 0.2) is 18.2 Å². The minimum absolute atomic E-state index is 0.348. The van der Waals surface area contributed by atoms with Crippen molar-refractivity contribution in [2.24, 2.45) is 11.7 Å². The van der Waals surface area contributed by atoms with Crippen LogP contribution in [0.3, 0.4) is 0 Å². The molecule has 3 nitrogen and oxygen atoms in total. The first-order chi connectivity index (χ1) is 9.58. The van der Waals surface area contributed by atoms with Gasteiger partial charge in [-0.05, 0) is 45.2 Å². The van der Waals surface area contributed by atoms with E-state index in [1.54, 1.807) is 7.11 Å². The summed E-state index contributed by atoms with van der Waals surface area (Å²) in [5.41, 5.74) is 8.58. The van der Waals surface area contributed by atoms with Crippen LogP contribution in [0.25, 0.3) is 0 Å². The number of benzene rings is 1. The van der Waals surface area contributed by atoms with Crippen molar-refractivity contribution in [3.63, 3.8) is 0 Å². The molecule has 2 N–H and O–H groups in total. The molecule has 0 aromatic heterocycles. The van der Waals surface area contributed by atoms with E-state index in [1.807, 2.05) is 0 Å². The minimum atomic E-state index is 0.348. The van der Waals surface area contributed by atoms with E-state index in [1.165, 1.54) is 24.0 Å². The van der Waals surface area contributed by atoms with Crippen molar-refractivity contribution in [3.05, 3.63) is 29.3 Å². The first-order valence-electron chi connectivity index (χ1n) is 7.68. The van der Waals surface area contributed by atoms with Gasteiger partial charge in [-0.15, -0.1) is 0 Å². The highest BCUT2D eigenvalue weighted by atomic mass is 16.5. The van der Waals surface area contributed by atoms with E-state index in [0.29, 0.717) is 18.0 Å². The average molecular weight is 276 g/mol. The number of ether oxygens (including phenoxy) is 1. The van der Waals surface area contributed by atoms with E-state index in [-0.39, 0.29) is 0 Å². The lowest BCUT2D eigenvalue weighted by atomic mass is 9.88. The van der Waals surface area contributed by atoms with Crippen LogP contribution in [-0.4, -0.2) is 31.1 Å². The van der Waals surface area contributed by atoms with Crippen LogP contribution in [0.1, 0.15) is 43.9 Å². The van der Waals surface area contributed by atoms with E-state index in [4.69, 9.17) is 10.5 Å². The van der Waals surface area contributed by atoms with Crippen LogP contribution in [-0.2, 0) is 0 Å². The second-order valence-electron chi connectivity index (χ2n) is 6.08. The zero-order chi connectivity index (χ0) is 14.7. The summed E-state index contributed by atoms with van der Waals surface area (Å²) in [4.78, 5) is 2.56. The molecule has 20 heavy (non-hydrogen) atoms. The highest BCUT2D eigenvalue weighted by Gasteiger charge is 2.32. The van der Waals surface area contributed by atoms with Crippen molar-refractivity contribution in [2.45, 2.75) is 45.7 Å². The van der Waals surface area contributed by atoms with E-state index < -0.39 is 0 Å². The predicted octanol–water partition coefficient (Wildman–Crippen LogP) is 3.12. The molecule has 0 saturated carbocycles. The van der Waals surface area contributed by atoms with Gasteiger partial charge in [0.15, 0.2) is 0 Å². The van der Waals surface area contributed by atoms with Gasteiger partial charge in [-0.3, -0.25) is 4.90 Å². The number of hydrogen-bond donors (Lipinski definition) is 1. The molecule has 0 radical (unpaired) electrons. The smallest absolute Gasteiger partial charge is 0.123 e. The highest BCUT2D eigenvalue weighted by molar-refractivity contribution is 5.39. The lowest BCUT2D eigenvalue weighted by Gasteiger charge is -2.43. The molecular formula is C17H28N2O. The molecule has 1 saturated heterocycles. The molecule has 3 unspecified atom stereocenters. The van der Waals surface area contributed by atoms with Crippen LogP contribution < -0.4 is 10.5 Å². The third-order valence-corrected chi connectivity index (χ3v) is 4.73. The molecule has 3 heteroatoms. The monoisotopic (exact) mass is 276 g/mol. The maximum Gasteiger partial charge on any atom is 0.123 e. The summed E-state index contributed by atoms with van der Waals surface area (Å²) in [6.45, 7) is 8.60.